The average molecular weight is 299 g/mol. The number of esters is 1. The fraction of sp³-hybridized carbons (Fsp3) is 0.875. The van der Waals surface area contributed by atoms with E-state index in [1.165, 1.54) is 0 Å². The van der Waals surface area contributed by atoms with E-state index in [-0.39, 0.29) is 17.5 Å². The number of rotatable bonds is 4. The lowest BCUT2D eigenvalue weighted by molar-refractivity contribution is -0.143. The van der Waals surface area contributed by atoms with Gasteiger partial charge in [-0.15, -0.1) is 0 Å². The number of likely N-dealkylation sites (tertiary alicyclic amines) is 1. The van der Waals surface area contributed by atoms with E-state index >= 15 is 0 Å². The van der Waals surface area contributed by atoms with Crippen LogP contribution in [0.2, 0.25) is 0 Å². The van der Waals surface area contributed by atoms with Crippen molar-refractivity contribution in [1.82, 2.24) is 4.90 Å². The number of piperidine rings is 1. The normalized spacial score (nSPS) is 22.8. The highest BCUT2D eigenvalue weighted by atomic mass is 16.6. The van der Waals surface area contributed by atoms with E-state index in [0.717, 1.165) is 25.8 Å². The van der Waals surface area contributed by atoms with Gasteiger partial charge in [-0.1, -0.05) is 6.92 Å². The molecule has 1 atom stereocenters. The molecule has 0 spiro atoms. The van der Waals surface area contributed by atoms with Gasteiger partial charge in [0.1, 0.15) is 5.60 Å². The number of hydrogen-bond acceptors (Lipinski definition) is 4. The third-order valence-corrected chi connectivity index (χ3v) is 3.67. The molecule has 0 aromatic rings. The lowest BCUT2D eigenvalue weighted by atomic mass is 9.78. The summed E-state index contributed by atoms with van der Waals surface area (Å²) < 4.78 is 10.4. The maximum absolute atomic E-state index is 12.2. The Labute approximate surface area is 128 Å². The molecular formula is C16H29NO4. The van der Waals surface area contributed by atoms with E-state index in [2.05, 4.69) is 6.92 Å². The van der Waals surface area contributed by atoms with Crippen LogP contribution in [0.5, 0.6) is 0 Å². The maximum atomic E-state index is 12.2. The van der Waals surface area contributed by atoms with Crippen molar-refractivity contribution >= 4 is 12.1 Å². The lowest BCUT2D eigenvalue weighted by Crippen LogP contribution is -2.46. The molecule has 5 heteroatoms. The molecule has 1 unspecified atom stereocenters. The van der Waals surface area contributed by atoms with Crippen molar-refractivity contribution < 1.29 is 19.1 Å². The number of carbonyl (C=O) groups excluding carboxylic acids is 2. The fourth-order valence-electron chi connectivity index (χ4n) is 2.64. The molecule has 1 heterocycles. The first-order valence-electron chi connectivity index (χ1n) is 7.79. The highest BCUT2D eigenvalue weighted by molar-refractivity contribution is 5.69. The number of hydrogen-bond donors (Lipinski definition) is 0. The standard InChI is InChI=1S/C16H29NO4/c1-6-20-13(18)8-10-16(5)9-7-11-17(12-16)14(19)21-15(2,3)4/h6-12H2,1-5H3. The number of ether oxygens (including phenoxy) is 2. The third-order valence-electron chi connectivity index (χ3n) is 3.67. The Bertz CT molecular complexity index is 375. The molecule has 1 saturated heterocycles. The zero-order valence-electron chi connectivity index (χ0n) is 14.0. The summed E-state index contributed by atoms with van der Waals surface area (Å²) in [5.74, 6) is -0.159. The second kappa shape index (κ2) is 7.14. The highest BCUT2D eigenvalue weighted by Gasteiger charge is 2.35. The Morgan fingerprint density at radius 1 is 1.29 bits per heavy atom. The van der Waals surface area contributed by atoms with Gasteiger partial charge in [-0.3, -0.25) is 4.79 Å². The molecule has 5 nitrogen and oxygen atoms in total. The van der Waals surface area contributed by atoms with Crippen LogP contribution in [-0.4, -0.2) is 42.3 Å². The first-order chi connectivity index (χ1) is 9.65. The van der Waals surface area contributed by atoms with E-state index in [1.54, 1.807) is 4.90 Å². The van der Waals surface area contributed by atoms with Gasteiger partial charge in [0.2, 0.25) is 0 Å². The quantitative estimate of drug-likeness (QED) is 0.747. The monoisotopic (exact) mass is 299 g/mol. The fourth-order valence-corrected chi connectivity index (χ4v) is 2.64. The minimum absolute atomic E-state index is 0.0398. The molecule has 0 N–H and O–H groups in total. The van der Waals surface area contributed by atoms with Crippen molar-refractivity contribution in [2.75, 3.05) is 19.7 Å². The van der Waals surface area contributed by atoms with Crippen molar-refractivity contribution in [3.8, 4) is 0 Å². The number of carbonyl (C=O) groups is 2. The van der Waals surface area contributed by atoms with E-state index in [4.69, 9.17) is 9.47 Å². The molecule has 1 aliphatic rings. The molecule has 0 saturated carbocycles. The summed E-state index contributed by atoms with van der Waals surface area (Å²) in [6.07, 6.45) is 2.85. The summed E-state index contributed by atoms with van der Waals surface area (Å²) in [5.41, 5.74) is -0.516. The van der Waals surface area contributed by atoms with Gasteiger partial charge in [0.05, 0.1) is 6.61 Å². The zero-order valence-corrected chi connectivity index (χ0v) is 14.0. The zero-order chi connectivity index (χ0) is 16.1. The molecule has 1 rings (SSSR count). The Hall–Kier alpha value is -1.26. The molecule has 1 amide bonds. The average Bonchev–Trinajstić information content (AvgIpc) is 2.35. The van der Waals surface area contributed by atoms with Gasteiger partial charge in [-0.25, -0.2) is 4.79 Å². The van der Waals surface area contributed by atoms with Crippen LogP contribution >= 0.6 is 0 Å². The van der Waals surface area contributed by atoms with Crippen molar-refractivity contribution in [3.05, 3.63) is 0 Å². The summed E-state index contributed by atoms with van der Waals surface area (Å²) in [6, 6.07) is 0. The summed E-state index contributed by atoms with van der Waals surface area (Å²) in [6.45, 7) is 11.3. The van der Waals surface area contributed by atoms with E-state index in [1.807, 2.05) is 27.7 Å². The van der Waals surface area contributed by atoms with Crippen LogP contribution in [0.3, 0.4) is 0 Å². The topological polar surface area (TPSA) is 55.8 Å². The second-order valence-corrected chi connectivity index (χ2v) is 7.12. The van der Waals surface area contributed by atoms with Gasteiger partial charge < -0.3 is 14.4 Å². The number of nitrogens with zero attached hydrogens (tertiary/aromatic N) is 1. The van der Waals surface area contributed by atoms with E-state index in [0.29, 0.717) is 19.6 Å². The van der Waals surface area contributed by atoms with Crippen molar-refractivity contribution in [3.63, 3.8) is 0 Å². The van der Waals surface area contributed by atoms with Crippen LogP contribution in [0.25, 0.3) is 0 Å². The Morgan fingerprint density at radius 2 is 1.95 bits per heavy atom. The molecule has 0 aromatic carbocycles. The van der Waals surface area contributed by atoms with Crippen LogP contribution in [0.4, 0.5) is 4.79 Å². The summed E-state index contributed by atoms with van der Waals surface area (Å²) in [7, 11) is 0. The third kappa shape index (κ3) is 6.36. The lowest BCUT2D eigenvalue weighted by Gasteiger charge is -2.40. The minimum Gasteiger partial charge on any atom is -0.466 e. The van der Waals surface area contributed by atoms with E-state index < -0.39 is 5.60 Å². The molecule has 0 aromatic heterocycles. The van der Waals surface area contributed by atoms with Crippen LogP contribution < -0.4 is 0 Å². The summed E-state index contributed by atoms with van der Waals surface area (Å²) in [5, 5.41) is 0. The van der Waals surface area contributed by atoms with Gasteiger partial charge in [0, 0.05) is 19.5 Å². The van der Waals surface area contributed by atoms with Crippen LogP contribution in [0.1, 0.15) is 60.3 Å². The summed E-state index contributed by atoms with van der Waals surface area (Å²) in [4.78, 5) is 25.4. The van der Waals surface area contributed by atoms with E-state index in [9.17, 15) is 9.59 Å². The molecule has 21 heavy (non-hydrogen) atoms. The highest BCUT2D eigenvalue weighted by Crippen LogP contribution is 2.34. The predicted molar refractivity (Wildman–Crippen MR) is 81.0 cm³/mol. The van der Waals surface area contributed by atoms with Gasteiger partial charge in [0.15, 0.2) is 0 Å². The van der Waals surface area contributed by atoms with Gasteiger partial charge in [0.25, 0.3) is 0 Å². The first-order valence-corrected chi connectivity index (χ1v) is 7.79. The number of amides is 1. The minimum atomic E-state index is -0.476. The second-order valence-electron chi connectivity index (χ2n) is 7.12. The van der Waals surface area contributed by atoms with Gasteiger partial charge >= 0.3 is 12.1 Å². The largest absolute Gasteiger partial charge is 0.466 e. The molecule has 1 aliphatic heterocycles. The Kier molecular flexibility index (Phi) is 6.05. The summed E-state index contributed by atoms with van der Waals surface area (Å²) >= 11 is 0. The molecule has 0 radical (unpaired) electrons. The van der Waals surface area contributed by atoms with Crippen molar-refractivity contribution in [2.24, 2.45) is 5.41 Å². The maximum Gasteiger partial charge on any atom is 0.410 e. The van der Waals surface area contributed by atoms with Crippen LogP contribution in [0.15, 0.2) is 0 Å². The van der Waals surface area contributed by atoms with Crippen LogP contribution in [-0.2, 0) is 14.3 Å². The van der Waals surface area contributed by atoms with Crippen LogP contribution in [0, 0.1) is 5.41 Å². The SMILES string of the molecule is CCOC(=O)CCC1(C)CCCN(C(=O)OC(C)(C)C)C1. The Balaban J connectivity index is 2.53. The molecule has 122 valence electrons. The predicted octanol–water partition coefficient (Wildman–Crippen LogP) is 3.37. The van der Waals surface area contributed by atoms with Crippen molar-refractivity contribution in [1.29, 1.82) is 0 Å². The van der Waals surface area contributed by atoms with Crippen molar-refractivity contribution in [2.45, 2.75) is 65.9 Å². The van der Waals surface area contributed by atoms with Gasteiger partial charge in [-0.05, 0) is 52.4 Å². The molecule has 1 fully saturated rings. The molecule has 0 aliphatic carbocycles. The van der Waals surface area contributed by atoms with Gasteiger partial charge in [-0.2, -0.15) is 0 Å². The smallest absolute Gasteiger partial charge is 0.410 e. The molecular weight excluding hydrogens is 270 g/mol. The first kappa shape index (κ1) is 17.8. The Morgan fingerprint density at radius 3 is 2.52 bits per heavy atom. The molecule has 0 bridgehead atoms.